The molecule has 4 nitrogen and oxygen atoms in total. The van der Waals surface area contributed by atoms with Gasteiger partial charge in [-0.2, -0.15) is 0 Å². The molecule has 1 N–H and O–H groups in total. The van der Waals surface area contributed by atoms with E-state index in [1.165, 1.54) is 12.1 Å². The lowest BCUT2D eigenvalue weighted by Gasteiger charge is -2.06. The molecule has 0 spiro atoms. The summed E-state index contributed by atoms with van der Waals surface area (Å²) in [6.07, 6.45) is 0.313. The maximum atomic E-state index is 12.8. The van der Waals surface area contributed by atoms with Crippen molar-refractivity contribution in [3.63, 3.8) is 0 Å². The zero-order valence-corrected chi connectivity index (χ0v) is 12.6. The fourth-order valence-corrected chi connectivity index (χ4v) is 3.24. The molecule has 6 heteroatoms. The molecule has 0 aromatic heterocycles. The summed E-state index contributed by atoms with van der Waals surface area (Å²) in [6, 6.07) is 13.6. The van der Waals surface area contributed by atoms with Gasteiger partial charge in [-0.3, -0.25) is 4.79 Å². The highest BCUT2D eigenvalue weighted by molar-refractivity contribution is 7.91. The van der Waals surface area contributed by atoms with Gasteiger partial charge in [-0.15, -0.1) is 0 Å². The van der Waals surface area contributed by atoms with E-state index in [9.17, 15) is 17.6 Å². The zero-order valence-electron chi connectivity index (χ0n) is 11.8. The van der Waals surface area contributed by atoms with Crippen LogP contribution in [0.4, 0.5) is 10.1 Å². The summed E-state index contributed by atoms with van der Waals surface area (Å²) in [6.45, 7) is 0. The standard InChI is InChI=1S/C16H16FNO3S/c17-13-8-10-15(11-9-13)22(20,21)12-4-7-16(19)18-14-5-2-1-3-6-14/h1-3,5-6,8-11H,4,7,12H2,(H,18,19). The van der Waals surface area contributed by atoms with E-state index in [-0.39, 0.29) is 29.4 Å². The van der Waals surface area contributed by atoms with Crippen LogP contribution >= 0.6 is 0 Å². The van der Waals surface area contributed by atoms with Gasteiger partial charge in [0.25, 0.3) is 0 Å². The summed E-state index contributed by atoms with van der Waals surface area (Å²) >= 11 is 0. The van der Waals surface area contributed by atoms with Gasteiger partial charge in [0.05, 0.1) is 10.6 Å². The fraction of sp³-hybridized carbons (Fsp3) is 0.188. The Morgan fingerprint density at radius 2 is 1.64 bits per heavy atom. The van der Waals surface area contributed by atoms with Gasteiger partial charge in [0, 0.05) is 12.1 Å². The second-order valence-corrected chi connectivity index (χ2v) is 6.90. The molecule has 0 aliphatic carbocycles. The SMILES string of the molecule is O=C(CCCS(=O)(=O)c1ccc(F)cc1)Nc1ccccc1. The van der Waals surface area contributed by atoms with Crippen LogP contribution in [0.3, 0.4) is 0 Å². The number of carbonyl (C=O) groups is 1. The van der Waals surface area contributed by atoms with E-state index in [0.29, 0.717) is 5.69 Å². The van der Waals surface area contributed by atoms with Crippen molar-refractivity contribution in [1.29, 1.82) is 0 Å². The second kappa shape index (κ2) is 7.17. The third-order valence-electron chi connectivity index (χ3n) is 3.05. The molecule has 0 saturated carbocycles. The number of amides is 1. The Kier molecular flexibility index (Phi) is 5.27. The van der Waals surface area contributed by atoms with Crippen molar-refractivity contribution < 1.29 is 17.6 Å². The largest absolute Gasteiger partial charge is 0.326 e. The zero-order chi connectivity index (χ0) is 16.0. The Morgan fingerprint density at radius 3 is 2.27 bits per heavy atom. The van der Waals surface area contributed by atoms with E-state index in [0.717, 1.165) is 12.1 Å². The van der Waals surface area contributed by atoms with Gasteiger partial charge in [0.1, 0.15) is 5.82 Å². The Balaban J connectivity index is 1.85. The smallest absolute Gasteiger partial charge is 0.224 e. The van der Waals surface area contributed by atoms with Crippen LogP contribution in [0.15, 0.2) is 59.5 Å². The Hall–Kier alpha value is -2.21. The predicted octanol–water partition coefficient (Wildman–Crippen LogP) is 3.02. The highest BCUT2D eigenvalue weighted by Gasteiger charge is 2.15. The minimum Gasteiger partial charge on any atom is -0.326 e. The van der Waals surface area contributed by atoms with Gasteiger partial charge >= 0.3 is 0 Å². The minimum absolute atomic E-state index is 0.0670. The number of hydrogen-bond donors (Lipinski definition) is 1. The Morgan fingerprint density at radius 1 is 1.00 bits per heavy atom. The first-order chi connectivity index (χ1) is 10.5. The molecule has 0 fully saturated rings. The lowest BCUT2D eigenvalue weighted by Crippen LogP contribution is -2.14. The molecule has 2 aromatic carbocycles. The second-order valence-electron chi connectivity index (χ2n) is 4.79. The van der Waals surface area contributed by atoms with Crippen LogP contribution in [-0.4, -0.2) is 20.1 Å². The van der Waals surface area contributed by atoms with Crippen LogP contribution in [0.25, 0.3) is 0 Å². The quantitative estimate of drug-likeness (QED) is 0.832. The van der Waals surface area contributed by atoms with Crippen molar-refractivity contribution in [1.82, 2.24) is 0 Å². The van der Waals surface area contributed by atoms with Crippen molar-refractivity contribution in [3.8, 4) is 0 Å². The molecular weight excluding hydrogens is 305 g/mol. The molecule has 1 amide bonds. The predicted molar refractivity (Wildman–Crippen MR) is 82.8 cm³/mol. The molecule has 0 radical (unpaired) electrons. The van der Waals surface area contributed by atoms with Crippen LogP contribution in [-0.2, 0) is 14.6 Å². The highest BCUT2D eigenvalue weighted by Crippen LogP contribution is 2.14. The lowest BCUT2D eigenvalue weighted by atomic mass is 10.3. The van der Waals surface area contributed by atoms with Gasteiger partial charge in [-0.25, -0.2) is 12.8 Å². The van der Waals surface area contributed by atoms with E-state index in [1.54, 1.807) is 24.3 Å². The summed E-state index contributed by atoms with van der Waals surface area (Å²) in [7, 11) is -3.49. The van der Waals surface area contributed by atoms with Crippen LogP contribution < -0.4 is 5.32 Å². The molecule has 0 saturated heterocycles. The Labute approximate surface area is 128 Å². The van der Waals surface area contributed by atoms with Crippen molar-refractivity contribution in [2.75, 3.05) is 11.1 Å². The fourth-order valence-electron chi connectivity index (χ4n) is 1.93. The van der Waals surface area contributed by atoms with Crippen LogP contribution in [0, 0.1) is 5.82 Å². The van der Waals surface area contributed by atoms with E-state index >= 15 is 0 Å². The number of benzene rings is 2. The number of sulfone groups is 1. The van der Waals surface area contributed by atoms with Crippen LogP contribution in [0.1, 0.15) is 12.8 Å². The minimum atomic E-state index is -3.49. The third-order valence-corrected chi connectivity index (χ3v) is 4.86. The number of nitrogens with one attached hydrogen (secondary N) is 1. The molecule has 116 valence electrons. The number of rotatable bonds is 6. The van der Waals surface area contributed by atoms with Gasteiger partial charge in [0.2, 0.25) is 5.91 Å². The lowest BCUT2D eigenvalue weighted by molar-refractivity contribution is -0.116. The van der Waals surface area contributed by atoms with E-state index < -0.39 is 15.7 Å². The molecule has 2 rings (SSSR count). The molecule has 2 aromatic rings. The first-order valence-electron chi connectivity index (χ1n) is 6.80. The van der Waals surface area contributed by atoms with Crippen LogP contribution in [0.2, 0.25) is 0 Å². The van der Waals surface area contributed by atoms with Crippen molar-refractivity contribution in [2.45, 2.75) is 17.7 Å². The Bertz CT molecular complexity index is 728. The molecule has 0 aliphatic rings. The summed E-state index contributed by atoms with van der Waals surface area (Å²) in [5, 5.41) is 2.69. The third kappa shape index (κ3) is 4.66. The monoisotopic (exact) mass is 321 g/mol. The van der Waals surface area contributed by atoms with Crippen molar-refractivity contribution in [3.05, 3.63) is 60.4 Å². The van der Waals surface area contributed by atoms with Gasteiger partial charge in [0.15, 0.2) is 9.84 Å². The van der Waals surface area contributed by atoms with Crippen molar-refractivity contribution in [2.24, 2.45) is 0 Å². The number of halogens is 1. The molecule has 0 heterocycles. The number of hydrogen-bond acceptors (Lipinski definition) is 3. The normalized spacial score (nSPS) is 11.1. The molecule has 0 bridgehead atoms. The topological polar surface area (TPSA) is 63.2 Å². The maximum absolute atomic E-state index is 12.8. The van der Waals surface area contributed by atoms with E-state index in [2.05, 4.69) is 5.32 Å². The average molecular weight is 321 g/mol. The number of para-hydroxylation sites is 1. The number of anilines is 1. The van der Waals surface area contributed by atoms with Crippen LogP contribution in [0.5, 0.6) is 0 Å². The van der Waals surface area contributed by atoms with Crippen molar-refractivity contribution >= 4 is 21.4 Å². The first-order valence-corrected chi connectivity index (χ1v) is 8.46. The summed E-state index contributed by atoms with van der Waals surface area (Å²) < 4.78 is 36.9. The summed E-state index contributed by atoms with van der Waals surface area (Å²) in [5.74, 6) is -0.873. The van der Waals surface area contributed by atoms with Gasteiger partial charge < -0.3 is 5.32 Å². The van der Waals surface area contributed by atoms with E-state index in [4.69, 9.17) is 0 Å². The molecule has 0 unspecified atom stereocenters. The van der Waals surface area contributed by atoms with Gasteiger partial charge in [-0.05, 0) is 42.8 Å². The molecular formula is C16H16FNO3S. The summed E-state index contributed by atoms with van der Waals surface area (Å²) in [4.78, 5) is 11.8. The molecule has 0 atom stereocenters. The maximum Gasteiger partial charge on any atom is 0.224 e. The highest BCUT2D eigenvalue weighted by atomic mass is 32.2. The van der Waals surface area contributed by atoms with Gasteiger partial charge in [-0.1, -0.05) is 18.2 Å². The van der Waals surface area contributed by atoms with E-state index in [1.807, 2.05) is 6.07 Å². The number of carbonyl (C=O) groups excluding carboxylic acids is 1. The summed E-state index contributed by atoms with van der Waals surface area (Å²) in [5.41, 5.74) is 0.675. The average Bonchev–Trinajstić information content (AvgIpc) is 2.48. The molecule has 22 heavy (non-hydrogen) atoms. The first kappa shape index (κ1) is 16.2. The molecule has 0 aliphatic heterocycles.